The monoisotopic (exact) mass is 231 g/mol. The lowest BCUT2D eigenvalue weighted by Crippen LogP contribution is -2.45. The average Bonchev–Trinajstić information content (AvgIpc) is 2.49. The van der Waals surface area contributed by atoms with Crippen molar-refractivity contribution in [2.45, 2.75) is 25.8 Å². The van der Waals surface area contributed by atoms with Crippen molar-refractivity contribution in [1.29, 1.82) is 0 Å². The molecule has 0 radical (unpaired) electrons. The molecule has 1 heterocycles. The lowest BCUT2D eigenvalue weighted by Gasteiger charge is -2.24. The average molecular weight is 231 g/mol. The predicted octanol–water partition coefficient (Wildman–Crippen LogP) is -0.467. The molecule has 1 aliphatic heterocycles. The summed E-state index contributed by atoms with van der Waals surface area (Å²) < 4.78 is 2.74. The number of carbonyl (C=O) groups is 2. The van der Waals surface area contributed by atoms with Gasteiger partial charge < -0.3 is 10.6 Å². The molecule has 1 rings (SSSR count). The molecule has 0 spiro atoms. The van der Waals surface area contributed by atoms with Crippen LogP contribution in [0.5, 0.6) is 0 Å². The molecule has 1 saturated heterocycles. The van der Waals surface area contributed by atoms with Gasteiger partial charge in [0.15, 0.2) is 0 Å². The van der Waals surface area contributed by atoms with E-state index in [-0.39, 0.29) is 11.8 Å². The van der Waals surface area contributed by atoms with Gasteiger partial charge in [0.1, 0.15) is 6.04 Å². The number of nitrogens with two attached hydrogens (primary N) is 1. The number of nitrogens with zero attached hydrogens (tertiary/aromatic N) is 1. The molecule has 0 bridgehead atoms. The quantitative estimate of drug-likeness (QED) is 0.560. The predicted molar refractivity (Wildman–Crippen MR) is 60.1 cm³/mol. The van der Waals surface area contributed by atoms with Gasteiger partial charge in [-0.1, -0.05) is 19.7 Å². The topological polar surface area (TPSA) is 75.4 Å². The number of thiol groups is 1. The van der Waals surface area contributed by atoms with E-state index in [9.17, 15) is 9.59 Å². The molecule has 1 aliphatic rings. The van der Waals surface area contributed by atoms with Crippen LogP contribution in [0.1, 0.15) is 19.8 Å². The lowest BCUT2D eigenvalue weighted by molar-refractivity contribution is -0.136. The normalized spacial score (nSPS) is 23.2. The van der Waals surface area contributed by atoms with Gasteiger partial charge in [-0.3, -0.25) is 14.3 Å². The summed E-state index contributed by atoms with van der Waals surface area (Å²) in [7, 11) is 0. The highest BCUT2D eigenvalue weighted by molar-refractivity contribution is 7.78. The Morgan fingerprint density at radius 3 is 2.93 bits per heavy atom. The summed E-state index contributed by atoms with van der Waals surface area (Å²) in [6, 6.07) is -0.456. The van der Waals surface area contributed by atoms with Crippen LogP contribution in [0, 0.1) is 5.92 Å². The highest BCUT2D eigenvalue weighted by atomic mass is 32.1. The number of amides is 2. The molecule has 0 aromatic rings. The molecular formula is C9H17N3O2S. The molecule has 3 N–H and O–H groups in total. The maximum absolute atomic E-state index is 11.6. The second-order valence-electron chi connectivity index (χ2n) is 3.80. The van der Waals surface area contributed by atoms with Crippen LogP contribution in [-0.4, -0.2) is 35.8 Å². The van der Waals surface area contributed by atoms with E-state index in [0.29, 0.717) is 25.9 Å². The van der Waals surface area contributed by atoms with Crippen molar-refractivity contribution in [3.63, 3.8) is 0 Å². The van der Waals surface area contributed by atoms with Crippen molar-refractivity contribution in [2.24, 2.45) is 11.7 Å². The van der Waals surface area contributed by atoms with E-state index in [4.69, 9.17) is 5.73 Å². The Balaban J connectivity index is 2.63. The second kappa shape index (κ2) is 5.37. The Morgan fingerprint density at radius 1 is 1.80 bits per heavy atom. The summed E-state index contributed by atoms with van der Waals surface area (Å²) in [5.41, 5.74) is 5.25. The zero-order chi connectivity index (χ0) is 11.4. The third-order valence-electron chi connectivity index (χ3n) is 2.71. The minimum Gasteiger partial charge on any atom is -0.368 e. The molecule has 2 amide bonds. The molecule has 0 aromatic heterocycles. The number of carbonyl (C=O) groups excluding carboxylic acids is 2. The molecule has 0 saturated carbocycles. The highest BCUT2D eigenvalue weighted by Crippen LogP contribution is 2.20. The van der Waals surface area contributed by atoms with Gasteiger partial charge in [0.25, 0.3) is 0 Å². The number of hydrogen-bond donors (Lipinski definition) is 3. The summed E-state index contributed by atoms with van der Waals surface area (Å²) in [5, 5.41) is 0. The molecule has 2 atom stereocenters. The van der Waals surface area contributed by atoms with Crippen LogP contribution in [0.2, 0.25) is 0 Å². The largest absolute Gasteiger partial charge is 0.368 e. The van der Waals surface area contributed by atoms with Gasteiger partial charge in [-0.25, -0.2) is 0 Å². The molecule has 5 nitrogen and oxygen atoms in total. The summed E-state index contributed by atoms with van der Waals surface area (Å²) in [6.07, 6.45) is 1.04. The molecule has 1 unspecified atom stereocenters. The molecule has 86 valence electrons. The third kappa shape index (κ3) is 2.85. The fourth-order valence-corrected chi connectivity index (χ4v) is 2.21. The number of rotatable bonds is 5. The van der Waals surface area contributed by atoms with Gasteiger partial charge in [0, 0.05) is 19.5 Å². The van der Waals surface area contributed by atoms with Crippen LogP contribution in [0.4, 0.5) is 0 Å². The molecule has 6 heteroatoms. The summed E-state index contributed by atoms with van der Waals surface area (Å²) in [4.78, 5) is 24.3. The van der Waals surface area contributed by atoms with Gasteiger partial charge in [-0.2, -0.15) is 0 Å². The number of nitrogens with one attached hydrogen (secondary N) is 1. The Morgan fingerprint density at radius 2 is 2.47 bits per heavy atom. The number of likely N-dealkylation sites (tertiary alicyclic amines) is 1. The third-order valence-corrected chi connectivity index (χ3v) is 2.89. The maximum atomic E-state index is 11.6. The minimum atomic E-state index is -0.456. The smallest absolute Gasteiger partial charge is 0.240 e. The van der Waals surface area contributed by atoms with Crippen molar-refractivity contribution in [1.82, 2.24) is 9.62 Å². The standard InChI is InChI=1S/C9H17N3O2S/c1-2-7(9(10)14)12-5-6(4-11-15)3-8(12)13/h6-7,11,15H,2-5H2,1H3,(H2,10,14)/t6?,7-/m0/s1. The van der Waals surface area contributed by atoms with E-state index in [1.165, 1.54) is 0 Å². The molecular weight excluding hydrogens is 214 g/mol. The van der Waals surface area contributed by atoms with Crippen LogP contribution in [0.25, 0.3) is 0 Å². The van der Waals surface area contributed by atoms with Crippen molar-refractivity contribution in [2.75, 3.05) is 13.1 Å². The van der Waals surface area contributed by atoms with Crippen LogP contribution in [0.15, 0.2) is 0 Å². The Labute approximate surface area is 94.9 Å². The van der Waals surface area contributed by atoms with E-state index < -0.39 is 11.9 Å². The number of primary amides is 1. The minimum absolute atomic E-state index is 0.00855. The van der Waals surface area contributed by atoms with Gasteiger partial charge in [-0.05, 0) is 12.3 Å². The van der Waals surface area contributed by atoms with E-state index >= 15 is 0 Å². The first kappa shape index (κ1) is 12.3. The summed E-state index contributed by atoms with van der Waals surface area (Å²) in [6.45, 7) is 3.11. The van der Waals surface area contributed by atoms with Crippen LogP contribution < -0.4 is 10.5 Å². The SMILES string of the molecule is CC[C@@H](C(N)=O)N1CC(CNS)CC1=O. The lowest BCUT2D eigenvalue weighted by atomic mass is 10.1. The van der Waals surface area contributed by atoms with Crippen molar-refractivity contribution in [3.8, 4) is 0 Å². The molecule has 0 aliphatic carbocycles. The summed E-state index contributed by atoms with van der Waals surface area (Å²) in [5.74, 6) is -0.192. The van der Waals surface area contributed by atoms with Crippen LogP contribution in [-0.2, 0) is 9.59 Å². The van der Waals surface area contributed by atoms with E-state index in [1.54, 1.807) is 4.90 Å². The first-order valence-electron chi connectivity index (χ1n) is 5.05. The van der Waals surface area contributed by atoms with E-state index in [0.717, 1.165) is 0 Å². The summed E-state index contributed by atoms with van der Waals surface area (Å²) >= 11 is 3.90. The fourth-order valence-electron chi connectivity index (χ4n) is 1.95. The van der Waals surface area contributed by atoms with Gasteiger partial charge in [0.2, 0.25) is 11.8 Å². The first-order chi connectivity index (χ1) is 7.10. The van der Waals surface area contributed by atoms with E-state index in [2.05, 4.69) is 17.5 Å². The van der Waals surface area contributed by atoms with Crippen molar-refractivity contribution >= 4 is 24.6 Å². The number of hydrogen-bond acceptors (Lipinski definition) is 4. The van der Waals surface area contributed by atoms with Crippen LogP contribution >= 0.6 is 12.8 Å². The molecule has 1 fully saturated rings. The van der Waals surface area contributed by atoms with Crippen LogP contribution in [0.3, 0.4) is 0 Å². The zero-order valence-corrected chi connectivity index (χ0v) is 9.67. The van der Waals surface area contributed by atoms with Crippen molar-refractivity contribution < 1.29 is 9.59 Å². The highest BCUT2D eigenvalue weighted by Gasteiger charge is 2.35. The Hall–Kier alpha value is -0.750. The Kier molecular flexibility index (Phi) is 4.41. The zero-order valence-electron chi connectivity index (χ0n) is 8.77. The molecule has 15 heavy (non-hydrogen) atoms. The van der Waals surface area contributed by atoms with Gasteiger partial charge >= 0.3 is 0 Å². The van der Waals surface area contributed by atoms with Gasteiger partial charge in [-0.15, -0.1) is 0 Å². The second-order valence-corrected chi connectivity index (χ2v) is 4.12. The van der Waals surface area contributed by atoms with Crippen molar-refractivity contribution in [3.05, 3.63) is 0 Å². The Bertz CT molecular complexity index is 260. The molecule has 0 aromatic carbocycles. The first-order valence-corrected chi connectivity index (χ1v) is 5.50. The van der Waals surface area contributed by atoms with E-state index in [1.807, 2.05) is 6.92 Å². The fraction of sp³-hybridized carbons (Fsp3) is 0.778. The van der Waals surface area contributed by atoms with Gasteiger partial charge in [0.05, 0.1) is 0 Å². The maximum Gasteiger partial charge on any atom is 0.240 e.